The molecule has 0 saturated carbocycles. The van der Waals surface area contributed by atoms with Crippen molar-refractivity contribution in [3.63, 3.8) is 0 Å². The maximum atomic E-state index is 13.3. The molecule has 1 saturated heterocycles. The van der Waals surface area contributed by atoms with Crippen LogP contribution in [0.1, 0.15) is 32.8 Å². The molecule has 4 nitrogen and oxygen atoms in total. The lowest BCUT2D eigenvalue weighted by Crippen LogP contribution is -2.52. The SMILES string of the molecule is COC(=O)N1CCN(C(C=C(C)C)CC(C)(C=S)c2ccc(F)cc2)CC1. The van der Waals surface area contributed by atoms with Gasteiger partial charge in [-0.3, -0.25) is 4.90 Å². The summed E-state index contributed by atoms with van der Waals surface area (Å²) in [6.07, 6.45) is 2.78. The summed E-state index contributed by atoms with van der Waals surface area (Å²) in [7, 11) is 1.41. The van der Waals surface area contributed by atoms with Crippen LogP contribution in [0, 0.1) is 5.82 Å². The Bertz CT molecular complexity index is 680. The van der Waals surface area contributed by atoms with E-state index in [1.54, 1.807) is 10.3 Å². The summed E-state index contributed by atoms with van der Waals surface area (Å²) in [5.41, 5.74) is 1.90. The number of rotatable bonds is 6. The Morgan fingerprint density at radius 1 is 1.26 bits per heavy atom. The van der Waals surface area contributed by atoms with Gasteiger partial charge in [0, 0.05) is 37.6 Å². The summed E-state index contributed by atoms with van der Waals surface area (Å²) in [4.78, 5) is 15.8. The summed E-state index contributed by atoms with van der Waals surface area (Å²) in [5, 5.41) is 1.79. The molecule has 0 N–H and O–H groups in total. The largest absolute Gasteiger partial charge is 0.453 e. The summed E-state index contributed by atoms with van der Waals surface area (Å²) >= 11 is 5.38. The van der Waals surface area contributed by atoms with Crippen molar-refractivity contribution in [2.24, 2.45) is 0 Å². The van der Waals surface area contributed by atoms with Gasteiger partial charge in [0.25, 0.3) is 0 Å². The molecule has 2 atom stereocenters. The zero-order chi connectivity index (χ0) is 20.0. The van der Waals surface area contributed by atoms with Crippen LogP contribution in [0.25, 0.3) is 0 Å². The second-order valence-electron chi connectivity index (χ2n) is 7.55. The molecule has 1 heterocycles. The van der Waals surface area contributed by atoms with E-state index in [1.807, 2.05) is 12.1 Å². The van der Waals surface area contributed by atoms with Crippen molar-refractivity contribution in [3.05, 3.63) is 47.3 Å². The molecule has 1 aromatic rings. The van der Waals surface area contributed by atoms with Gasteiger partial charge in [0.05, 0.1) is 7.11 Å². The molecule has 0 aliphatic carbocycles. The van der Waals surface area contributed by atoms with Crippen molar-refractivity contribution >= 4 is 23.7 Å². The van der Waals surface area contributed by atoms with Crippen molar-refractivity contribution in [1.29, 1.82) is 0 Å². The van der Waals surface area contributed by atoms with Crippen LogP contribution in [0.4, 0.5) is 9.18 Å². The molecule has 0 bridgehead atoms. The molecule has 0 aromatic heterocycles. The van der Waals surface area contributed by atoms with Gasteiger partial charge in [-0.05, 0) is 43.3 Å². The van der Waals surface area contributed by atoms with E-state index in [1.165, 1.54) is 24.8 Å². The summed E-state index contributed by atoms with van der Waals surface area (Å²) < 4.78 is 18.2. The highest BCUT2D eigenvalue weighted by atomic mass is 32.1. The molecule has 2 rings (SSSR count). The van der Waals surface area contributed by atoms with E-state index in [9.17, 15) is 9.18 Å². The Morgan fingerprint density at radius 3 is 2.33 bits per heavy atom. The smallest absolute Gasteiger partial charge is 0.409 e. The van der Waals surface area contributed by atoms with Gasteiger partial charge in [-0.25, -0.2) is 9.18 Å². The zero-order valence-electron chi connectivity index (χ0n) is 16.6. The molecule has 1 aliphatic rings. The number of carbonyl (C=O) groups excluding carboxylic acids is 1. The number of piperazine rings is 1. The van der Waals surface area contributed by atoms with E-state index in [0.717, 1.165) is 25.1 Å². The quantitative estimate of drug-likeness (QED) is 0.537. The Balaban J connectivity index is 2.18. The van der Waals surface area contributed by atoms with Crippen LogP contribution in [0.2, 0.25) is 0 Å². The molecule has 6 heteroatoms. The van der Waals surface area contributed by atoms with Crippen molar-refractivity contribution < 1.29 is 13.9 Å². The number of ether oxygens (including phenoxy) is 1. The Morgan fingerprint density at radius 2 is 1.85 bits per heavy atom. The fourth-order valence-electron chi connectivity index (χ4n) is 3.54. The molecule has 0 radical (unpaired) electrons. The number of nitrogens with zero attached hydrogens (tertiary/aromatic N) is 2. The summed E-state index contributed by atoms with van der Waals surface area (Å²) in [6.45, 7) is 9.12. The van der Waals surface area contributed by atoms with Gasteiger partial charge in [0.1, 0.15) is 5.82 Å². The van der Waals surface area contributed by atoms with Crippen molar-refractivity contribution in [3.8, 4) is 0 Å². The maximum Gasteiger partial charge on any atom is 0.409 e. The molecule has 0 spiro atoms. The van der Waals surface area contributed by atoms with E-state index in [4.69, 9.17) is 17.0 Å². The number of methoxy groups -OCH3 is 1. The van der Waals surface area contributed by atoms with Crippen LogP contribution in [0.3, 0.4) is 0 Å². The molecule has 2 unspecified atom stereocenters. The number of allylic oxidation sites excluding steroid dienone is 1. The highest BCUT2D eigenvalue weighted by Crippen LogP contribution is 2.30. The number of halogens is 1. The van der Waals surface area contributed by atoms with Crippen LogP contribution in [0.15, 0.2) is 35.9 Å². The second kappa shape index (κ2) is 9.42. The van der Waals surface area contributed by atoms with Crippen LogP contribution in [0.5, 0.6) is 0 Å². The Kier molecular flexibility index (Phi) is 7.50. The molecular formula is C21H29FN2O2S. The number of hydrogen-bond acceptors (Lipinski definition) is 4. The second-order valence-corrected chi connectivity index (χ2v) is 7.79. The predicted molar refractivity (Wildman–Crippen MR) is 111 cm³/mol. The topological polar surface area (TPSA) is 32.8 Å². The van der Waals surface area contributed by atoms with Crippen LogP contribution < -0.4 is 0 Å². The van der Waals surface area contributed by atoms with Gasteiger partial charge in [-0.1, -0.05) is 42.9 Å². The first-order valence-electron chi connectivity index (χ1n) is 9.23. The third kappa shape index (κ3) is 5.59. The predicted octanol–water partition coefficient (Wildman–Crippen LogP) is 4.19. The minimum atomic E-state index is -0.348. The molecule has 1 fully saturated rings. The number of benzene rings is 1. The Hall–Kier alpha value is -1.79. The van der Waals surface area contributed by atoms with Gasteiger partial charge in [-0.15, -0.1) is 0 Å². The lowest BCUT2D eigenvalue weighted by molar-refractivity contribution is 0.0789. The molecule has 1 aromatic carbocycles. The normalized spacial score (nSPS) is 18.3. The Labute approximate surface area is 167 Å². The zero-order valence-corrected chi connectivity index (χ0v) is 17.4. The van der Waals surface area contributed by atoms with E-state index in [2.05, 4.69) is 31.7 Å². The highest BCUT2D eigenvalue weighted by molar-refractivity contribution is 7.79. The number of amides is 1. The molecule has 27 heavy (non-hydrogen) atoms. The number of carbonyl (C=O) groups is 1. The van der Waals surface area contributed by atoms with Crippen molar-refractivity contribution in [2.45, 2.75) is 38.6 Å². The van der Waals surface area contributed by atoms with Crippen LogP contribution in [-0.2, 0) is 10.2 Å². The van der Waals surface area contributed by atoms with E-state index in [-0.39, 0.29) is 23.4 Å². The van der Waals surface area contributed by atoms with Gasteiger partial charge < -0.3 is 9.64 Å². The average molecular weight is 393 g/mol. The van der Waals surface area contributed by atoms with Crippen molar-refractivity contribution in [1.82, 2.24) is 9.80 Å². The summed E-state index contributed by atoms with van der Waals surface area (Å²) in [5.74, 6) is -0.245. The molecular weight excluding hydrogens is 363 g/mol. The minimum Gasteiger partial charge on any atom is -0.453 e. The molecule has 1 amide bonds. The third-order valence-electron chi connectivity index (χ3n) is 5.14. The first kappa shape index (κ1) is 21.5. The first-order valence-corrected chi connectivity index (χ1v) is 9.70. The first-order chi connectivity index (χ1) is 12.8. The summed E-state index contributed by atoms with van der Waals surface area (Å²) in [6, 6.07) is 6.78. The number of thiocarbonyl (C=S) groups is 1. The molecule has 1 aliphatic heterocycles. The van der Waals surface area contributed by atoms with E-state index < -0.39 is 0 Å². The van der Waals surface area contributed by atoms with Crippen LogP contribution >= 0.6 is 12.2 Å². The van der Waals surface area contributed by atoms with E-state index >= 15 is 0 Å². The van der Waals surface area contributed by atoms with Gasteiger partial charge in [-0.2, -0.15) is 0 Å². The van der Waals surface area contributed by atoms with Crippen LogP contribution in [-0.4, -0.2) is 60.6 Å². The third-order valence-corrected chi connectivity index (χ3v) is 5.66. The van der Waals surface area contributed by atoms with E-state index in [0.29, 0.717) is 13.1 Å². The minimum absolute atomic E-state index is 0.184. The van der Waals surface area contributed by atoms with Gasteiger partial charge in [0.15, 0.2) is 0 Å². The average Bonchev–Trinajstić information content (AvgIpc) is 2.67. The lowest BCUT2D eigenvalue weighted by Gasteiger charge is -2.40. The monoisotopic (exact) mass is 392 g/mol. The highest BCUT2D eigenvalue weighted by Gasteiger charge is 2.32. The van der Waals surface area contributed by atoms with Crippen molar-refractivity contribution in [2.75, 3.05) is 33.3 Å². The van der Waals surface area contributed by atoms with Gasteiger partial charge >= 0.3 is 6.09 Å². The fourth-order valence-corrected chi connectivity index (χ4v) is 3.77. The lowest BCUT2D eigenvalue weighted by atomic mass is 9.78. The standard InChI is InChI=1S/C21H29FN2O2S/c1-16(2)13-19(23-9-11-24(12-10-23)20(25)26-4)14-21(3,15-27)17-5-7-18(22)8-6-17/h5-8,13,15,19H,9-12,14H2,1-4H3. The number of hydrogen-bond donors (Lipinski definition) is 0. The fraction of sp³-hybridized carbons (Fsp3) is 0.524. The molecule has 148 valence electrons. The maximum absolute atomic E-state index is 13.3. The van der Waals surface area contributed by atoms with Gasteiger partial charge in [0.2, 0.25) is 0 Å².